The summed E-state index contributed by atoms with van der Waals surface area (Å²) < 4.78 is 1.60. The molecular weight excluding hydrogens is 460 g/mol. The summed E-state index contributed by atoms with van der Waals surface area (Å²) in [6.45, 7) is 1.96. The molecule has 0 bridgehead atoms. The molecule has 0 saturated carbocycles. The molecule has 2 N–H and O–H groups in total. The number of benzene rings is 3. The third kappa shape index (κ3) is 5.73. The van der Waals surface area contributed by atoms with Crippen LogP contribution >= 0.6 is 23.1 Å². The first-order valence-electron chi connectivity index (χ1n) is 9.83. The van der Waals surface area contributed by atoms with Gasteiger partial charge in [-0.3, -0.25) is 19.7 Å². The van der Waals surface area contributed by atoms with Gasteiger partial charge in [-0.25, -0.2) is 4.98 Å². The van der Waals surface area contributed by atoms with Crippen LogP contribution in [0.4, 0.5) is 17.1 Å². The third-order valence-electron chi connectivity index (χ3n) is 4.61. The number of nitrogens with zero attached hydrogens (tertiary/aromatic N) is 2. The Morgan fingerprint density at radius 1 is 1.03 bits per heavy atom. The van der Waals surface area contributed by atoms with Crippen molar-refractivity contribution >= 4 is 62.2 Å². The summed E-state index contributed by atoms with van der Waals surface area (Å²) in [6.07, 6.45) is 0. The Balaban J connectivity index is 1.37. The lowest BCUT2D eigenvalue weighted by molar-refractivity contribution is -0.384. The van der Waals surface area contributed by atoms with Gasteiger partial charge >= 0.3 is 0 Å². The van der Waals surface area contributed by atoms with Crippen molar-refractivity contribution in [2.75, 3.05) is 16.4 Å². The molecule has 33 heavy (non-hydrogen) atoms. The van der Waals surface area contributed by atoms with E-state index in [1.54, 1.807) is 24.3 Å². The topological polar surface area (TPSA) is 114 Å². The van der Waals surface area contributed by atoms with Crippen molar-refractivity contribution in [2.24, 2.45) is 0 Å². The van der Waals surface area contributed by atoms with E-state index in [0.29, 0.717) is 21.3 Å². The van der Waals surface area contributed by atoms with Gasteiger partial charge in [0.05, 0.1) is 20.9 Å². The van der Waals surface area contributed by atoms with E-state index in [2.05, 4.69) is 15.6 Å². The van der Waals surface area contributed by atoms with Crippen molar-refractivity contribution in [1.29, 1.82) is 0 Å². The van der Waals surface area contributed by atoms with E-state index < -0.39 is 4.92 Å². The molecule has 1 heterocycles. The number of hydrogen-bond donors (Lipinski definition) is 2. The van der Waals surface area contributed by atoms with E-state index >= 15 is 0 Å². The SMILES string of the molecule is Cc1ccc(C(=O)Nc2ccc3nc(SCC(=O)Nc4cccc([N+](=O)[O-])c4)sc3c2)cc1. The van der Waals surface area contributed by atoms with Gasteiger partial charge in [-0.15, -0.1) is 11.3 Å². The summed E-state index contributed by atoms with van der Waals surface area (Å²) in [5, 5.41) is 16.4. The van der Waals surface area contributed by atoms with Crippen LogP contribution in [0, 0.1) is 17.0 Å². The van der Waals surface area contributed by atoms with Gasteiger partial charge in [0.1, 0.15) is 0 Å². The Bertz CT molecular complexity index is 1350. The molecule has 2 amide bonds. The lowest BCUT2D eigenvalue weighted by Crippen LogP contribution is -2.13. The first kappa shape index (κ1) is 22.4. The second-order valence-electron chi connectivity index (χ2n) is 7.13. The fourth-order valence-corrected chi connectivity index (χ4v) is 4.88. The van der Waals surface area contributed by atoms with Crippen molar-refractivity contribution < 1.29 is 14.5 Å². The Labute approximate surface area is 197 Å². The predicted molar refractivity (Wildman–Crippen MR) is 131 cm³/mol. The molecule has 0 atom stereocenters. The average molecular weight is 479 g/mol. The van der Waals surface area contributed by atoms with Gasteiger partial charge < -0.3 is 10.6 Å². The second kappa shape index (κ2) is 9.80. The zero-order valence-corrected chi connectivity index (χ0v) is 19.0. The van der Waals surface area contributed by atoms with Crippen LogP contribution < -0.4 is 10.6 Å². The van der Waals surface area contributed by atoms with E-state index in [1.165, 1.54) is 41.3 Å². The molecule has 0 spiro atoms. The second-order valence-corrected chi connectivity index (χ2v) is 9.38. The highest BCUT2D eigenvalue weighted by atomic mass is 32.2. The molecule has 0 unspecified atom stereocenters. The molecule has 4 aromatic rings. The summed E-state index contributed by atoms with van der Waals surface area (Å²) in [6, 6.07) is 18.6. The minimum Gasteiger partial charge on any atom is -0.325 e. The molecule has 0 aliphatic carbocycles. The smallest absolute Gasteiger partial charge is 0.271 e. The summed E-state index contributed by atoms with van der Waals surface area (Å²) >= 11 is 2.70. The molecule has 0 aliphatic heterocycles. The number of nitrogens with one attached hydrogen (secondary N) is 2. The summed E-state index contributed by atoms with van der Waals surface area (Å²) in [5.41, 5.74) is 3.38. The number of anilines is 2. The number of non-ortho nitro benzene ring substituents is 1. The predicted octanol–water partition coefficient (Wildman–Crippen LogP) is 5.50. The van der Waals surface area contributed by atoms with Crippen LogP contribution in [0.2, 0.25) is 0 Å². The number of thiazole rings is 1. The molecule has 3 aromatic carbocycles. The molecule has 0 fully saturated rings. The van der Waals surface area contributed by atoms with Crippen LogP contribution in [0.5, 0.6) is 0 Å². The van der Waals surface area contributed by atoms with Gasteiger partial charge in [0, 0.05) is 29.1 Å². The van der Waals surface area contributed by atoms with Crippen molar-refractivity contribution in [3.05, 3.63) is 88.0 Å². The number of rotatable bonds is 7. The highest BCUT2D eigenvalue weighted by Gasteiger charge is 2.12. The Morgan fingerprint density at radius 3 is 2.55 bits per heavy atom. The number of carbonyl (C=O) groups is 2. The number of aryl methyl sites for hydroxylation is 1. The zero-order valence-electron chi connectivity index (χ0n) is 17.4. The van der Waals surface area contributed by atoms with E-state index in [-0.39, 0.29) is 23.3 Å². The Morgan fingerprint density at radius 2 is 1.79 bits per heavy atom. The van der Waals surface area contributed by atoms with E-state index in [1.807, 2.05) is 31.2 Å². The quantitative estimate of drug-likeness (QED) is 0.206. The van der Waals surface area contributed by atoms with Crippen molar-refractivity contribution in [3.8, 4) is 0 Å². The average Bonchev–Trinajstić information content (AvgIpc) is 3.20. The molecule has 4 rings (SSSR count). The third-order valence-corrected chi connectivity index (χ3v) is 6.77. The molecule has 1 aromatic heterocycles. The van der Waals surface area contributed by atoms with Crippen molar-refractivity contribution in [1.82, 2.24) is 4.98 Å². The number of amides is 2. The van der Waals surface area contributed by atoms with Gasteiger partial charge in [-0.2, -0.15) is 0 Å². The van der Waals surface area contributed by atoms with Crippen LogP contribution in [0.15, 0.2) is 71.1 Å². The molecule has 0 saturated heterocycles. The van der Waals surface area contributed by atoms with Crippen molar-refractivity contribution in [3.63, 3.8) is 0 Å². The zero-order chi connectivity index (χ0) is 23.4. The summed E-state index contributed by atoms with van der Waals surface area (Å²) in [7, 11) is 0. The fourth-order valence-electron chi connectivity index (χ4n) is 2.97. The molecular formula is C23H18N4O4S2. The first-order valence-corrected chi connectivity index (χ1v) is 11.6. The number of aromatic nitrogens is 1. The molecule has 0 radical (unpaired) electrons. The normalized spacial score (nSPS) is 10.7. The highest BCUT2D eigenvalue weighted by Crippen LogP contribution is 2.31. The van der Waals surface area contributed by atoms with Crippen LogP contribution in [-0.2, 0) is 4.79 Å². The monoisotopic (exact) mass is 478 g/mol. The van der Waals surface area contributed by atoms with Gasteiger partial charge in [0.2, 0.25) is 5.91 Å². The number of carbonyl (C=O) groups excluding carboxylic acids is 2. The van der Waals surface area contributed by atoms with Gasteiger partial charge in [0.15, 0.2) is 4.34 Å². The van der Waals surface area contributed by atoms with Crippen molar-refractivity contribution in [2.45, 2.75) is 11.3 Å². The van der Waals surface area contributed by atoms with E-state index in [0.717, 1.165) is 15.8 Å². The summed E-state index contributed by atoms with van der Waals surface area (Å²) in [4.78, 5) is 39.6. The molecule has 166 valence electrons. The number of fused-ring (bicyclic) bond motifs is 1. The number of hydrogen-bond acceptors (Lipinski definition) is 7. The minimum atomic E-state index is -0.511. The molecule has 8 nitrogen and oxygen atoms in total. The van der Waals surface area contributed by atoms with Gasteiger partial charge in [-0.1, -0.05) is 35.5 Å². The van der Waals surface area contributed by atoms with Crippen LogP contribution in [0.1, 0.15) is 15.9 Å². The first-order chi connectivity index (χ1) is 15.9. The molecule has 10 heteroatoms. The maximum atomic E-state index is 12.4. The fraction of sp³-hybridized carbons (Fsp3) is 0.0870. The lowest BCUT2D eigenvalue weighted by atomic mass is 10.1. The van der Waals surface area contributed by atoms with Crippen LogP contribution in [0.3, 0.4) is 0 Å². The summed E-state index contributed by atoms with van der Waals surface area (Å²) in [5.74, 6) is -0.364. The lowest BCUT2D eigenvalue weighted by Gasteiger charge is -2.05. The van der Waals surface area contributed by atoms with Gasteiger partial charge in [0.25, 0.3) is 11.6 Å². The largest absolute Gasteiger partial charge is 0.325 e. The number of thioether (sulfide) groups is 1. The standard InChI is InChI=1S/C23H18N4O4S2/c1-14-5-7-15(8-6-14)22(29)25-17-9-10-19-20(12-17)33-23(26-19)32-13-21(28)24-16-3-2-4-18(11-16)27(30)31/h2-12H,13H2,1H3,(H,24,28)(H,25,29). The van der Waals surface area contributed by atoms with Gasteiger partial charge in [-0.05, 0) is 43.3 Å². The Hall–Kier alpha value is -3.76. The van der Waals surface area contributed by atoms with Crippen LogP contribution in [0.25, 0.3) is 10.2 Å². The number of nitro groups is 1. The molecule has 0 aliphatic rings. The number of nitro benzene ring substituents is 1. The maximum absolute atomic E-state index is 12.4. The Kier molecular flexibility index (Phi) is 6.66. The minimum absolute atomic E-state index is 0.0862. The highest BCUT2D eigenvalue weighted by molar-refractivity contribution is 8.01. The maximum Gasteiger partial charge on any atom is 0.271 e. The van der Waals surface area contributed by atoms with Crippen LogP contribution in [-0.4, -0.2) is 27.5 Å². The van der Waals surface area contributed by atoms with E-state index in [9.17, 15) is 19.7 Å². The van der Waals surface area contributed by atoms with E-state index in [4.69, 9.17) is 0 Å².